The molecule has 2 unspecified atom stereocenters. The highest BCUT2D eigenvalue weighted by Gasteiger charge is 2.54. The molecular formula is C22H24F3N5. The standard InChI is InChI=1S/C22H24F3N5/c23-15-3-4-17(24)16(11-15)20(25)13-6-9-30(10-7-13)22(14-1-2-14)21(26)28-18-5-8-27-12-19(18)29-22/h3-5,8,11-14,20,29H,1-2,6-7,9-10H2,(H2,26,28). The van der Waals surface area contributed by atoms with Crippen LogP contribution >= 0.6 is 0 Å². The molecule has 8 heteroatoms. The fourth-order valence-electron chi connectivity index (χ4n) is 4.90. The van der Waals surface area contributed by atoms with Crippen LogP contribution in [0.2, 0.25) is 0 Å². The molecule has 3 aliphatic rings. The van der Waals surface area contributed by atoms with Gasteiger partial charge in [0, 0.05) is 30.8 Å². The summed E-state index contributed by atoms with van der Waals surface area (Å²) in [5.41, 5.74) is 7.29. The van der Waals surface area contributed by atoms with Crippen LogP contribution < -0.4 is 11.1 Å². The van der Waals surface area contributed by atoms with Crippen LogP contribution in [0.3, 0.4) is 0 Å². The molecular weight excluding hydrogens is 391 g/mol. The van der Waals surface area contributed by atoms with E-state index in [-0.39, 0.29) is 11.5 Å². The van der Waals surface area contributed by atoms with Crippen molar-refractivity contribution in [3.05, 3.63) is 53.9 Å². The fraction of sp³-hybridized carbons (Fsp3) is 0.455. The predicted octanol–water partition coefficient (Wildman–Crippen LogP) is 4.30. The number of halogens is 3. The first-order valence-corrected chi connectivity index (χ1v) is 10.4. The highest BCUT2D eigenvalue weighted by atomic mass is 19.1. The second-order valence-corrected chi connectivity index (χ2v) is 8.45. The molecule has 158 valence electrons. The Morgan fingerprint density at radius 2 is 1.90 bits per heavy atom. The van der Waals surface area contributed by atoms with Gasteiger partial charge in [0.25, 0.3) is 0 Å². The minimum atomic E-state index is -1.53. The molecule has 2 atom stereocenters. The number of aliphatic imine (C=N–C) groups is 1. The van der Waals surface area contributed by atoms with Crippen LogP contribution in [0.15, 0.2) is 41.7 Å². The van der Waals surface area contributed by atoms with E-state index in [9.17, 15) is 8.78 Å². The quantitative estimate of drug-likeness (QED) is 0.781. The SMILES string of the molecule is NC1=Nc2ccncc2NC1(C1CC1)N1CCC(C(F)c2cc(F)ccc2F)CC1. The second kappa shape index (κ2) is 7.27. The smallest absolute Gasteiger partial charge is 0.153 e. The van der Waals surface area contributed by atoms with Crippen molar-refractivity contribution in [1.29, 1.82) is 0 Å². The van der Waals surface area contributed by atoms with Gasteiger partial charge in [0.2, 0.25) is 0 Å². The zero-order valence-electron chi connectivity index (χ0n) is 16.5. The van der Waals surface area contributed by atoms with E-state index in [1.807, 2.05) is 6.07 Å². The number of likely N-dealkylation sites (tertiary alicyclic amines) is 1. The third-order valence-electron chi connectivity index (χ3n) is 6.63. The van der Waals surface area contributed by atoms with Crippen molar-refractivity contribution in [2.75, 3.05) is 18.4 Å². The van der Waals surface area contributed by atoms with Gasteiger partial charge in [-0.1, -0.05) is 0 Å². The highest BCUT2D eigenvalue weighted by molar-refractivity contribution is 5.99. The third kappa shape index (κ3) is 3.14. The topological polar surface area (TPSA) is 66.5 Å². The van der Waals surface area contributed by atoms with Gasteiger partial charge in [-0.15, -0.1) is 0 Å². The summed E-state index contributed by atoms with van der Waals surface area (Å²) in [5, 5.41) is 3.59. The van der Waals surface area contributed by atoms with Crippen molar-refractivity contribution < 1.29 is 13.2 Å². The summed E-state index contributed by atoms with van der Waals surface area (Å²) in [5.74, 6) is -0.843. The zero-order valence-corrected chi connectivity index (χ0v) is 16.5. The monoisotopic (exact) mass is 415 g/mol. The van der Waals surface area contributed by atoms with E-state index in [0.29, 0.717) is 37.7 Å². The first kappa shape index (κ1) is 19.4. The van der Waals surface area contributed by atoms with Gasteiger partial charge in [-0.2, -0.15) is 0 Å². The van der Waals surface area contributed by atoms with Crippen molar-refractivity contribution in [1.82, 2.24) is 9.88 Å². The Balaban J connectivity index is 1.36. The number of hydrogen-bond acceptors (Lipinski definition) is 5. The third-order valence-corrected chi connectivity index (χ3v) is 6.63. The molecule has 0 radical (unpaired) electrons. The molecule has 5 nitrogen and oxygen atoms in total. The minimum Gasteiger partial charge on any atom is -0.384 e. The number of benzene rings is 1. The average molecular weight is 415 g/mol. The zero-order chi connectivity index (χ0) is 20.9. The van der Waals surface area contributed by atoms with Gasteiger partial charge in [0.05, 0.1) is 17.6 Å². The second-order valence-electron chi connectivity index (χ2n) is 8.45. The van der Waals surface area contributed by atoms with E-state index in [1.165, 1.54) is 0 Å². The van der Waals surface area contributed by atoms with Gasteiger partial charge in [0.15, 0.2) is 5.66 Å². The maximum absolute atomic E-state index is 15.1. The van der Waals surface area contributed by atoms with Crippen LogP contribution in [-0.4, -0.2) is 34.5 Å². The van der Waals surface area contributed by atoms with Crippen molar-refractivity contribution in [3.63, 3.8) is 0 Å². The Morgan fingerprint density at radius 1 is 1.13 bits per heavy atom. The Labute approximate surface area is 173 Å². The molecule has 1 aromatic heterocycles. The molecule has 3 heterocycles. The molecule has 1 saturated carbocycles. The maximum Gasteiger partial charge on any atom is 0.153 e. The number of aromatic nitrogens is 1. The summed E-state index contributed by atoms with van der Waals surface area (Å²) in [7, 11) is 0. The Bertz CT molecular complexity index is 984. The van der Waals surface area contributed by atoms with E-state index >= 15 is 4.39 Å². The minimum absolute atomic E-state index is 0.192. The summed E-state index contributed by atoms with van der Waals surface area (Å²) in [6, 6.07) is 4.79. The fourth-order valence-corrected chi connectivity index (χ4v) is 4.90. The van der Waals surface area contributed by atoms with Crippen LogP contribution in [0.5, 0.6) is 0 Å². The molecule has 3 N–H and O–H groups in total. The van der Waals surface area contributed by atoms with E-state index in [1.54, 1.807) is 12.4 Å². The number of amidine groups is 1. The highest BCUT2D eigenvalue weighted by Crippen LogP contribution is 2.49. The van der Waals surface area contributed by atoms with Gasteiger partial charge in [0.1, 0.15) is 23.6 Å². The molecule has 5 rings (SSSR count). The van der Waals surface area contributed by atoms with Crippen LogP contribution in [0.1, 0.15) is 37.4 Å². The van der Waals surface area contributed by atoms with Crippen LogP contribution in [0.4, 0.5) is 24.5 Å². The lowest BCUT2D eigenvalue weighted by Gasteiger charge is -2.49. The van der Waals surface area contributed by atoms with Gasteiger partial charge in [-0.3, -0.25) is 9.88 Å². The van der Waals surface area contributed by atoms with E-state index in [4.69, 9.17) is 5.73 Å². The molecule has 2 aliphatic heterocycles. The molecule has 2 aromatic rings. The lowest BCUT2D eigenvalue weighted by Crippen LogP contribution is -2.66. The largest absolute Gasteiger partial charge is 0.384 e. The van der Waals surface area contributed by atoms with Crippen molar-refractivity contribution in [2.24, 2.45) is 22.6 Å². The molecule has 0 amide bonds. The van der Waals surface area contributed by atoms with E-state index in [0.717, 1.165) is 42.4 Å². The maximum atomic E-state index is 15.1. The number of fused-ring (bicyclic) bond motifs is 1. The normalized spacial score (nSPS) is 25.9. The number of nitrogens with one attached hydrogen (secondary N) is 1. The summed E-state index contributed by atoms with van der Waals surface area (Å²) in [6.45, 7) is 1.19. The summed E-state index contributed by atoms with van der Waals surface area (Å²) >= 11 is 0. The number of piperidine rings is 1. The number of nitrogens with two attached hydrogens (primary N) is 1. The van der Waals surface area contributed by atoms with Crippen molar-refractivity contribution in [3.8, 4) is 0 Å². The Kier molecular flexibility index (Phi) is 4.69. The van der Waals surface area contributed by atoms with E-state index < -0.39 is 23.5 Å². The lowest BCUT2D eigenvalue weighted by atomic mass is 9.85. The van der Waals surface area contributed by atoms with Gasteiger partial charge in [-0.25, -0.2) is 18.2 Å². The lowest BCUT2D eigenvalue weighted by molar-refractivity contribution is 0.0661. The number of nitrogens with zero attached hydrogens (tertiary/aromatic N) is 3. The molecule has 30 heavy (non-hydrogen) atoms. The first-order chi connectivity index (χ1) is 14.5. The van der Waals surface area contributed by atoms with Crippen LogP contribution in [0.25, 0.3) is 0 Å². The molecule has 2 fully saturated rings. The van der Waals surface area contributed by atoms with Crippen molar-refractivity contribution in [2.45, 2.75) is 37.5 Å². The molecule has 0 spiro atoms. The summed E-state index contributed by atoms with van der Waals surface area (Å²) < 4.78 is 42.6. The predicted molar refractivity (Wildman–Crippen MR) is 109 cm³/mol. The Morgan fingerprint density at radius 3 is 2.63 bits per heavy atom. The Hall–Kier alpha value is -2.61. The number of alkyl halides is 1. The molecule has 1 aromatic carbocycles. The van der Waals surface area contributed by atoms with Gasteiger partial charge in [-0.05, 0) is 55.9 Å². The number of hydrogen-bond donors (Lipinski definition) is 2. The summed E-state index contributed by atoms with van der Waals surface area (Å²) in [4.78, 5) is 11.1. The van der Waals surface area contributed by atoms with E-state index in [2.05, 4.69) is 20.2 Å². The number of anilines is 1. The van der Waals surface area contributed by atoms with Gasteiger partial charge >= 0.3 is 0 Å². The summed E-state index contributed by atoms with van der Waals surface area (Å²) in [6.07, 6.45) is 5.04. The molecule has 0 bridgehead atoms. The number of pyridine rings is 1. The van der Waals surface area contributed by atoms with Crippen LogP contribution in [-0.2, 0) is 0 Å². The molecule has 1 saturated heterocycles. The first-order valence-electron chi connectivity index (χ1n) is 10.4. The van der Waals surface area contributed by atoms with Crippen molar-refractivity contribution >= 4 is 17.2 Å². The van der Waals surface area contributed by atoms with Gasteiger partial charge < -0.3 is 11.1 Å². The van der Waals surface area contributed by atoms with Crippen LogP contribution in [0, 0.1) is 23.5 Å². The average Bonchev–Trinajstić information content (AvgIpc) is 3.60. The molecule has 1 aliphatic carbocycles. The number of rotatable bonds is 4.